The number of aliphatic hydroxyl groups is 2. The van der Waals surface area contributed by atoms with Crippen molar-refractivity contribution >= 4 is 0 Å². The Kier molecular flexibility index (Phi) is 2.32. The summed E-state index contributed by atoms with van der Waals surface area (Å²) in [6, 6.07) is 0. The van der Waals surface area contributed by atoms with E-state index in [1.54, 1.807) is 20.8 Å². The third-order valence-corrected chi connectivity index (χ3v) is 2.62. The van der Waals surface area contributed by atoms with Gasteiger partial charge in [-0.05, 0) is 20.8 Å². The molecule has 82 valence electrons. The van der Waals surface area contributed by atoms with Crippen LogP contribution in [0.15, 0.2) is 0 Å². The first-order valence-electron chi connectivity index (χ1n) is 4.78. The van der Waals surface area contributed by atoms with Crippen LogP contribution in [0.25, 0.3) is 0 Å². The molecular formula is C9H16O5. The van der Waals surface area contributed by atoms with E-state index in [1.165, 1.54) is 0 Å². The lowest BCUT2D eigenvalue weighted by Gasteiger charge is -2.36. The van der Waals surface area contributed by atoms with Crippen LogP contribution in [-0.4, -0.2) is 46.7 Å². The molecule has 0 bridgehead atoms. The second-order valence-corrected chi connectivity index (χ2v) is 4.29. The molecule has 0 amide bonds. The number of hydrogen-bond acceptors (Lipinski definition) is 5. The molecule has 2 saturated heterocycles. The van der Waals surface area contributed by atoms with Gasteiger partial charge in [-0.25, -0.2) is 0 Å². The first-order valence-corrected chi connectivity index (χ1v) is 4.78. The van der Waals surface area contributed by atoms with Gasteiger partial charge in [-0.1, -0.05) is 0 Å². The van der Waals surface area contributed by atoms with Gasteiger partial charge in [-0.3, -0.25) is 0 Å². The van der Waals surface area contributed by atoms with Crippen molar-refractivity contribution in [3.8, 4) is 0 Å². The summed E-state index contributed by atoms with van der Waals surface area (Å²) in [5, 5.41) is 19.3. The van der Waals surface area contributed by atoms with Crippen molar-refractivity contribution in [3.05, 3.63) is 0 Å². The highest BCUT2D eigenvalue weighted by Gasteiger charge is 2.53. The van der Waals surface area contributed by atoms with Gasteiger partial charge in [0, 0.05) is 0 Å². The van der Waals surface area contributed by atoms with Gasteiger partial charge in [0.25, 0.3) is 0 Å². The Bertz CT molecular complexity index is 229. The number of fused-ring (bicyclic) bond motifs is 1. The van der Waals surface area contributed by atoms with Crippen LogP contribution >= 0.6 is 0 Å². The van der Waals surface area contributed by atoms with Crippen molar-refractivity contribution in [2.45, 2.75) is 57.3 Å². The van der Waals surface area contributed by atoms with Crippen LogP contribution in [0, 0.1) is 0 Å². The average Bonchev–Trinajstić information content (AvgIpc) is 2.38. The third-order valence-electron chi connectivity index (χ3n) is 2.62. The van der Waals surface area contributed by atoms with Crippen LogP contribution in [0.4, 0.5) is 0 Å². The van der Waals surface area contributed by atoms with Gasteiger partial charge in [-0.15, -0.1) is 0 Å². The van der Waals surface area contributed by atoms with Gasteiger partial charge in [0.05, 0.1) is 6.10 Å². The van der Waals surface area contributed by atoms with Crippen molar-refractivity contribution in [2.75, 3.05) is 0 Å². The van der Waals surface area contributed by atoms with Crippen LogP contribution in [0.2, 0.25) is 0 Å². The first kappa shape index (κ1) is 10.3. The Morgan fingerprint density at radius 2 is 1.64 bits per heavy atom. The number of hydrogen-bond donors (Lipinski definition) is 2. The molecule has 2 heterocycles. The van der Waals surface area contributed by atoms with Crippen LogP contribution in [0.1, 0.15) is 20.8 Å². The molecule has 0 aromatic heterocycles. The molecule has 0 saturated carbocycles. The molecule has 2 rings (SSSR count). The van der Waals surface area contributed by atoms with Gasteiger partial charge >= 0.3 is 0 Å². The fourth-order valence-corrected chi connectivity index (χ4v) is 1.95. The van der Waals surface area contributed by atoms with E-state index in [0.29, 0.717) is 0 Å². The lowest BCUT2D eigenvalue weighted by atomic mass is 10.0. The second kappa shape index (κ2) is 3.15. The molecule has 5 unspecified atom stereocenters. The van der Waals surface area contributed by atoms with Gasteiger partial charge < -0.3 is 24.4 Å². The lowest BCUT2D eigenvalue weighted by Crippen LogP contribution is -2.55. The zero-order valence-electron chi connectivity index (χ0n) is 8.51. The van der Waals surface area contributed by atoms with Crippen LogP contribution < -0.4 is 0 Å². The lowest BCUT2D eigenvalue weighted by molar-refractivity contribution is -0.252. The smallest absolute Gasteiger partial charge is 0.184 e. The summed E-state index contributed by atoms with van der Waals surface area (Å²) in [6.07, 6.45) is -3.34. The SMILES string of the molecule is CC1OC(O)C2OC(C)(C)OC2C1O. The van der Waals surface area contributed by atoms with Crippen molar-refractivity contribution in [2.24, 2.45) is 0 Å². The summed E-state index contributed by atoms with van der Waals surface area (Å²) in [5.41, 5.74) is 0. The van der Waals surface area contributed by atoms with E-state index in [1.807, 2.05) is 0 Å². The van der Waals surface area contributed by atoms with Crippen molar-refractivity contribution in [1.82, 2.24) is 0 Å². The summed E-state index contributed by atoms with van der Waals surface area (Å²) in [7, 11) is 0. The van der Waals surface area contributed by atoms with E-state index in [0.717, 1.165) is 0 Å². The Morgan fingerprint density at radius 3 is 2.29 bits per heavy atom. The monoisotopic (exact) mass is 204 g/mol. The second-order valence-electron chi connectivity index (χ2n) is 4.29. The Hall–Kier alpha value is -0.200. The van der Waals surface area contributed by atoms with Crippen LogP contribution in [0.5, 0.6) is 0 Å². The number of ether oxygens (including phenoxy) is 3. The molecule has 2 aliphatic rings. The van der Waals surface area contributed by atoms with Gasteiger partial charge in [-0.2, -0.15) is 0 Å². The van der Waals surface area contributed by atoms with Crippen LogP contribution in [0.3, 0.4) is 0 Å². The summed E-state index contributed by atoms with van der Waals surface area (Å²) in [6.45, 7) is 5.18. The molecule has 2 aliphatic heterocycles. The molecule has 0 radical (unpaired) electrons. The molecule has 14 heavy (non-hydrogen) atoms. The predicted molar refractivity (Wildman–Crippen MR) is 46.4 cm³/mol. The van der Waals surface area contributed by atoms with E-state index in [-0.39, 0.29) is 0 Å². The minimum Gasteiger partial charge on any atom is -0.388 e. The zero-order chi connectivity index (χ0) is 10.5. The Morgan fingerprint density at radius 1 is 1.07 bits per heavy atom. The molecule has 2 N–H and O–H groups in total. The predicted octanol–water partition coefficient (Wildman–Crippen LogP) is -0.396. The Labute approximate surface area is 82.6 Å². The molecule has 0 aliphatic carbocycles. The minimum absolute atomic E-state index is 0.441. The maximum absolute atomic E-state index is 9.76. The standard InChI is InChI=1S/C9H16O5/c1-4-5(10)6-7(8(11)12-4)14-9(2,3)13-6/h4-8,10-11H,1-3H3. The van der Waals surface area contributed by atoms with E-state index in [4.69, 9.17) is 14.2 Å². The van der Waals surface area contributed by atoms with Gasteiger partial charge in [0.1, 0.15) is 18.3 Å². The molecule has 0 aromatic carbocycles. The molecule has 5 heteroatoms. The average molecular weight is 204 g/mol. The molecule has 2 fully saturated rings. The van der Waals surface area contributed by atoms with Gasteiger partial charge in [0.15, 0.2) is 12.1 Å². The normalized spacial score (nSPS) is 51.6. The minimum atomic E-state index is -1.03. The highest BCUT2D eigenvalue weighted by atomic mass is 16.8. The van der Waals surface area contributed by atoms with Crippen molar-refractivity contribution in [1.29, 1.82) is 0 Å². The first-order chi connectivity index (χ1) is 6.41. The fraction of sp³-hybridized carbons (Fsp3) is 1.00. The third kappa shape index (κ3) is 1.55. The molecule has 5 nitrogen and oxygen atoms in total. The molecular weight excluding hydrogens is 188 g/mol. The largest absolute Gasteiger partial charge is 0.388 e. The highest BCUT2D eigenvalue weighted by Crippen LogP contribution is 2.36. The molecule has 0 aromatic rings. The Balaban J connectivity index is 2.18. The van der Waals surface area contributed by atoms with Crippen molar-refractivity contribution < 1.29 is 24.4 Å². The van der Waals surface area contributed by atoms with Crippen molar-refractivity contribution in [3.63, 3.8) is 0 Å². The fourth-order valence-electron chi connectivity index (χ4n) is 1.95. The van der Waals surface area contributed by atoms with E-state index in [2.05, 4.69) is 0 Å². The quantitative estimate of drug-likeness (QED) is 0.562. The van der Waals surface area contributed by atoms with Gasteiger partial charge in [0.2, 0.25) is 0 Å². The summed E-state index contributed by atoms with van der Waals surface area (Å²) < 4.78 is 16.0. The summed E-state index contributed by atoms with van der Waals surface area (Å²) >= 11 is 0. The summed E-state index contributed by atoms with van der Waals surface area (Å²) in [5.74, 6) is -0.773. The topological polar surface area (TPSA) is 68.2 Å². The zero-order valence-corrected chi connectivity index (χ0v) is 8.51. The molecule has 0 spiro atoms. The molecule has 5 atom stereocenters. The summed E-state index contributed by atoms with van der Waals surface area (Å²) in [4.78, 5) is 0. The van der Waals surface area contributed by atoms with E-state index >= 15 is 0 Å². The highest BCUT2D eigenvalue weighted by molar-refractivity contribution is 4.94. The van der Waals surface area contributed by atoms with Crippen LogP contribution in [-0.2, 0) is 14.2 Å². The van der Waals surface area contributed by atoms with E-state index in [9.17, 15) is 10.2 Å². The number of rotatable bonds is 0. The maximum atomic E-state index is 9.76. The van der Waals surface area contributed by atoms with E-state index < -0.39 is 36.5 Å². The number of aliphatic hydroxyl groups excluding tert-OH is 2. The maximum Gasteiger partial charge on any atom is 0.184 e.